The molecule has 0 amide bonds. The first-order valence-corrected chi connectivity index (χ1v) is 6.59. The van der Waals surface area contributed by atoms with Crippen molar-refractivity contribution in [2.75, 3.05) is 11.9 Å². The minimum atomic E-state index is -0.413. The highest BCUT2D eigenvalue weighted by Gasteiger charge is 2.36. The van der Waals surface area contributed by atoms with Crippen molar-refractivity contribution in [3.8, 4) is 5.75 Å². The molecule has 19 heavy (non-hydrogen) atoms. The fraction of sp³-hybridized carbons (Fsp3) is 0.571. The molecule has 0 saturated heterocycles. The van der Waals surface area contributed by atoms with Crippen molar-refractivity contribution < 1.29 is 9.66 Å². The number of anilines is 1. The van der Waals surface area contributed by atoms with Crippen molar-refractivity contribution >= 4 is 11.4 Å². The normalized spacial score (nSPS) is 16.2. The van der Waals surface area contributed by atoms with Crippen molar-refractivity contribution in [1.82, 2.24) is 0 Å². The van der Waals surface area contributed by atoms with E-state index in [0.29, 0.717) is 11.2 Å². The first-order chi connectivity index (χ1) is 8.89. The molecule has 0 heterocycles. The van der Waals surface area contributed by atoms with Crippen molar-refractivity contribution in [2.45, 2.75) is 39.7 Å². The molecule has 5 heteroatoms. The van der Waals surface area contributed by atoms with E-state index in [0.717, 1.165) is 12.2 Å². The minimum Gasteiger partial charge on any atom is -0.484 e. The Balaban J connectivity index is 2.14. The van der Waals surface area contributed by atoms with Gasteiger partial charge in [0, 0.05) is 24.4 Å². The van der Waals surface area contributed by atoms with E-state index >= 15 is 0 Å². The third kappa shape index (κ3) is 3.59. The summed E-state index contributed by atoms with van der Waals surface area (Å²) in [6.45, 7) is 6.84. The monoisotopic (exact) mass is 264 g/mol. The number of nitrogens with zero attached hydrogens (tertiary/aromatic N) is 1. The molecule has 1 saturated carbocycles. The maximum absolute atomic E-state index is 10.9. The Morgan fingerprint density at radius 3 is 2.68 bits per heavy atom. The Morgan fingerprint density at radius 2 is 2.16 bits per heavy atom. The molecular formula is C14H20N2O3. The zero-order chi connectivity index (χ0) is 14.0. The average Bonchev–Trinajstić information content (AvgIpc) is 3.04. The summed E-state index contributed by atoms with van der Waals surface area (Å²) in [4.78, 5) is 10.5. The number of nitro benzene ring substituents is 1. The smallest absolute Gasteiger partial charge is 0.311 e. The number of rotatable bonds is 6. The van der Waals surface area contributed by atoms with Crippen LogP contribution in [0.1, 0.15) is 33.6 Å². The molecule has 1 aromatic rings. The van der Waals surface area contributed by atoms with Crippen LogP contribution in [-0.2, 0) is 0 Å². The van der Waals surface area contributed by atoms with Crippen LogP contribution in [0.25, 0.3) is 0 Å². The molecule has 0 bridgehead atoms. The van der Waals surface area contributed by atoms with Crippen molar-refractivity contribution in [2.24, 2.45) is 5.41 Å². The number of benzene rings is 1. The van der Waals surface area contributed by atoms with Crippen LogP contribution in [-0.4, -0.2) is 17.6 Å². The molecule has 1 fully saturated rings. The Labute approximate surface area is 113 Å². The third-order valence-corrected chi connectivity index (χ3v) is 3.34. The maximum Gasteiger partial charge on any atom is 0.311 e. The highest BCUT2D eigenvalue weighted by Crippen LogP contribution is 2.45. The van der Waals surface area contributed by atoms with Gasteiger partial charge in [-0.3, -0.25) is 10.1 Å². The fourth-order valence-electron chi connectivity index (χ4n) is 1.83. The minimum absolute atomic E-state index is 0.0110. The van der Waals surface area contributed by atoms with E-state index in [1.807, 2.05) is 13.8 Å². The van der Waals surface area contributed by atoms with Gasteiger partial charge in [-0.25, -0.2) is 0 Å². The van der Waals surface area contributed by atoms with Gasteiger partial charge in [-0.2, -0.15) is 0 Å². The van der Waals surface area contributed by atoms with Crippen LogP contribution >= 0.6 is 0 Å². The second-order valence-electron chi connectivity index (χ2n) is 5.77. The molecule has 0 atom stereocenters. The van der Waals surface area contributed by atoms with Crippen molar-refractivity contribution in [1.29, 1.82) is 0 Å². The van der Waals surface area contributed by atoms with E-state index in [1.165, 1.54) is 18.9 Å². The van der Waals surface area contributed by atoms with E-state index in [-0.39, 0.29) is 11.8 Å². The van der Waals surface area contributed by atoms with Crippen molar-refractivity contribution in [3.05, 3.63) is 28.3 Å². The topological polar surface area (TPSA) is 64.4 Å². The molecule has 104 valence electrons. The number of nitrogens with one attached hydrogen (secondary N) is 1. The predicted molar refractivity (Wildman–Crippen MR) is 74.7 cm³/mol. The highest BCUT2D eigenvalue weighted by atomic mass is 16.6. The number of ether oxygens (including phenoxy) is 1. The Kier molecular flexibility index (Phi) is 3.64. The predicted octanol–water partition coefficient (Wildman–Crippen LogP) is 3.59. The van der Waals surface area contributed by atoms with Gasteiger partial charge < -0.3 is 10.1 Å². The SMILES string of the molecule is CC(C)Oc1cc(NCC2(C)CC2)ccc1[N+](=O)[O-]. The van der Waals surface area contributed by atoms with Gasteiger partial charge in [-0.15, -0.1) is 0 Å². The van der Waals surface area contributed by atoms with Gasteiger partial charge in [0.2, 0.25) is 0 Å². The summed E-state index contributed by atoms with van der Waals surface area (Å²) in [5.74, 6) is 0.325. The quantitative estimate of drug-likeness (QED) is 0.630. The van der Waals surface area contributed by atoms with E-state index in [4.69, 9.17) is 4.74 Å². The van der Waals surface area contributed by atoms with Crippen LogP contribution in [0.3, 0.4) is 0 Å². The van der Waals surface area contributed by atoms with Gasteiger partial charge in [0.05, 0.1) is 11.0 Å². The molecule has 1 aliphatic carbocycles. The lowest BCUT2D eigenvalue weighted by Gasteiger charge is -2.14. The average molecular weight is 264 g/mol. The lowest BCUT2D eigenvalue weighted by molar-refractivity contribution is -0.386. The van der Waals surface area contributed by atoms with Crippen LogP contribution < -0.4 is 10.1 Å². The highest BCUT2D eigenvalue weighted by molar-refractivity contribution is 5.58. The molecule has 1 aliphatic rings. The van der Waals surface area contributed by atoms with E-state index in [2.05, 4.69) is 12.2 Å². The Bertz CT molecular complexity index is 482. The first kappa shape index (κ1) is 13.6. The molecule has 0 unspecified atom stereocenters. The zero-order valence-electron chi connectivity index (χ0n) is 11.6. The zero-order valence-corrected chi connectivity index (χ0v) is 11.6. The fourth-order valence-corrected chi connectivity index (χ4v) is 1.83. The standard InChI is InChI=1S/C14H20N2O3/c1-10(2)19-13-8-11(4-5-12(13)16(17)18)15-9-14(3)6-7-14/h4-5,8,10,15H,6-7,9H2,1-3H3. The van der Waals surface area contributed by atoms with Crippen molar-refractivity contribution in [3.63, 3.8) is 0 Å². The molecule has 0 radical (unpaired) electrons. The number of nitro groups is 1. The van der Waals surface area contributed by atoms with E-state index in [1.54, 1.807) is 12.1 Å². The van der Waals surface area contributed by atoms with Gasteiger partial charge in [-0.1, -0.05) is 6.92 Å². The first-order valence-electron chi connectivity index (χ1n) is 6.59. The third-order valence-electron chi connectivity index (χ3n) is 3.34. The molecule has 0 aromatic heterocycles. The summed E-state index contributed by atoms with van der Waals surface area (Å²) in [6.07, 6.45) is 2.39. The lowest BCUT2D eigenvalue weighted by atomic mass is 10.1. The van der Waals surface area contributed by atoms with Gasteiger partial charge in [0.15, 0.2) is 5.75 Å². The summed E-state index contributed by atoms with van der Waals surface area (Å²) < 4.78 is 5.51. The summed E-state index contributed by atoms with van der Waals surface area (Å²) in [5.41, 5.74) is 1.27. The summed E-state index contributed by atoms with van der Waals surface area (Å²) in [6, 6.07) is 4.94. The molecule has 0 aliphatic heterocycles. The van der Waals surface area contributed by atoms with E-state index < -0.39 is 4.92 Å². The Hall–Kier alpha value is -1.78. The molecule has 1 N–H and O–H groups in total. The second kappa shape index (κ2) is 5.07. The molecule has 0 spiro atoms. The van der Waals surface area contributed by atoms with Crippen LogP contribution in [0.5, 0.6) is 5.75 Å². The van der Waals surface area contributed by atoms with Gasteiger partial charge in [-0.05, 0) is 38.2 Å². The van der Waals surface area contributed by atoms with Gasteiger partial charge >= 0.3 is 5.69 Å². The van der Waals surface area contributed by atoms with Crippen LogP contribution in [0.2, 0.25) is 0 Å². The summed E-state index contributed by atoms with van der Waals surface area (Å²) in [5, 5.41) is 14.3. The summed E-state index contributed by atoms with van der Waals surface area (Å²) in [7, 11) is 0. The Morgan fingerprint density at radius 1 is 1.47 bits per heavy atom. The lowest BCUT2D eigenvalue weighted by Crippen LogP contribution is -2.12. The second-order valence-corrected chi connectivity index (χ2v) is 5.77. The maximum atomic E-state index is 10.9. The van der Waals surface area contributed by atoms with Crippen LogP contribution in [0, 0.1) is 15.5 Å². The number of hydrogen-bond acceptors (Lipinski definition) is 4. The van der Waals surface area contributed by atoms with E-state index in [9.17, 15) is 10.1 Å². The van der Waals surface area contributed by atoms with Gasteiger partial charge in [0.25, 0.3) is 0 Å². The molecule has 2 rings (SSSR count). The molecule has 5 nitrogen and oxygen atoms in total. The van der Waals surface area contributed by atoms with Gasteiger partial charge in [0.1, 0.15) is 0 Å². The number of hydrogen-bond donors (Lipinski definition) is 1. The molecular weight excluding hydrogens is 244 g/mol. The van der Waals surface area contributed by atoms with Crippen LogP contribution in [0.4, 0.5) is 11.4 Å². The largest absolute Gasteiger partial charge is 0.484 e. The van der Waals surface area contributed by atoms with Crippen LogP contribution in [0.15, 0.2) is 18.2 Å². The summed E-state index contributed by atoms with van der Waals surface area (Å²) >= 11 is 0. The molecule has 1 aromatic carbocycles.